The average molecular weight is 274 g/mol. The lowest BCUT2D eigenvalue weighted by Gasteiger charge is -2.23. The maximum absolute atomic E-state index is 12.5. The van der Waals surface area contributed by atoms with Crippen molar-refractivity contribution in [1.82, 2.24) is 9.62 Å². The number of hydrogen-bond acceptors (Lipinski definition) is 3. The van der Waals surface area contributed by atoms with Crippen LogP contribution in [0.25, 0.3) is 0 Å². The lowest BCUT2D eigenvalue weighted by Crippen LogP contribution is -2.40. The van der Waals surface area contributed by atoms with Crippen molar-refractivity contribution in [2.24, 2.45) is 5.92 Å². The number of sulfonamides is 1. The van der Waals surface area contributed by atoms with Crippen molar-refractivity contribution in [1.29, 1.82) is 0 Å². The summed E-state index contributed by atoms with van der Waals surface area (Å²) in [4.78, 5) is 0. The summed E-state index contributed by atoms with van der Waals surface area (Å²) >= 11 is 0. The van der Waals surface area contributed by atoms with E-state index in [9.17, 15) is 8.42 Å². The van der Waals surface area contributed by atoms with Gasteiger partial charge in [-0.3, -0.25) is 0 Å². The van der Waals surface area contributed by atoms with Gasteiger partial charge in [0.25, 0.3) is 0 Å². The van der Waals surface area contributed by atoms with Crippen molar-refractivity contribution in [3.63, 3.8) is 0 Å². The molecule has 0 radical (unpaired) electrons. The van der Waals surface area contributed by atoms with E-state index in [0.717, 1.165) is 44.8 Å². The molecule has 4 nitrogen and oxygen atoms in total. The van der Waals surface area contributed by atoms with E-state index >= 15 is 0 Å². The zero-order chi connectivity index (χ0) is 13.0. The van der Waals surface area contributed by atoms with Gasteiger partial charge in [-0.1, -0.05) is 19.8 Å². The van der Waals surface area contributed by atoms with E-state index in [1.807, 2.05) is 0 Å². The molecule has 0 saturated carbocycles. The van der Waals surface area contributed by atoms with Gasteiger partial charge in [-0.25, -0.2) is 12.7 Å². The molecule has 0 aliphatic carbocycles. The van der Waals surface area contributed by atoms with Gasteiger partial charge in [0.2, 0.25) is 10.0 Å². The third-order valence-corrected chi connectivity index (χ3v) is 6.63. The first-order valence-electron chi connectivity index (χ1n) is 7.34. The fourth-order valence-electron chi connectivity index (χ4n) is 3.18. The van der Waals surface area contributed by atoms with E-state index < -0.39 is 10.0 Å². The molecule has 2 fully saturated rings. The normalized spacial score (nSPS) is 31.4. The molecular formula is C13H26N2O2S. The van der Waals surface area contributed by atoms with Crippen LogP contribution >= 0.6 is 0 Å². The second-order valence-electron chi connectivity index (χ2n) is 5.64. The minimum atomic E-state index is -3.05. The van der Waals surface area contributed by atoms with Gasteiger partial charge in [0.05, 0.1) is 5.25 Å². The highest BCUT2D eigenvalue weighted by Gasteiger charge is 2.34. The summed E-state index contributed by atoms with van der Waals surface area (Å²) in [6, 6.07) is 0. The average Bonchev–Trinajstić information content (AvgIpc) is 2.78. The Morgan fingerprint density at radius 3 is 2.72 bits per heavy atom. The molecular weight excluding hydrogens is 248 g/mol. The Bertz CT molecular complexity index is 350. The first-order valence-corrected chi connectivity index (χ1v) is 8.84. The molecule has 0 aromatic carbocycles. The van der Waals surface area contributed by atoms with Crippen LogP contribution in [0.5, 0.6) is 0 Å². The van der Waals surface area contributed by atoms with Crippen LogP contribution in [-0.4, -0.2) is 44.2 Å². The number of rotatable bonds is 4. The zero-order valence-corrected chi connectivity index (χ0v) is 12.2. The van der Waals surface area contributed by atoms with Gasteiger partial charge in [-0.05, 0) is 38.1 Å². The van der Waals surface area contributed by atoms with E-state index in [2.05, 4.69) is 12.2 Å². The molecule has 0 aromatic rings. The molecule has 2 aliphatic heterocycles. The molecule has 0 spiro atoms. The molecule has 2 atom stereocenters. The Balaban J connectivity index is 1.96. The van der Waals surface area contributed by atoms with Crippen LogP contribution in [0, 0.1) is 5.92 Å². The maximum atomic E-state index is 12.5. The summed E-state index contributed by atoms with van der Waals surface area (Å²) in [6.45, 7) is 5.17. The molecule has 0 amide bonds. The monoisotopic (exact) mass is 274 g/mol. The Morgan fingerprint density at radius 2 is 2.06 bits per heavy atom. The van der Waals surface area contributed by atoms with Crippen LogP contribution in [0.15, 0.2) is 0 Å². The molecule has 2 unspecified atom stereocenters. The predicted octanol–water partition coefficient (Wildman–Crippen LogP) is 1.58. The van der Waals surface area contributed by atoms with Crippen molar-refractivity contribution >= 4 is 10.0 Å². The Morgan fingerprint density at radius 1 is 1.22 bits per heavy atom. The number of nitrogens with zero attached hydrogens (tertiary/aromatic N) is 1. The second-order valence-corrected chi connectivity index (χ2v) is 7.86. The first-order chi connectivity index (χ1) is 8.64. The fraction of sp³-hybridized carbons (Fsp3) is 1.00. The Labute approximate surface area is 111 Å². The molecule has 2 heterocycles. The van der Waals surface area contributed by atoms with Gasteiger partial charge in [0.1, 0.15) is 0 Å². The Hall–Kier alpha value is -0.130. The summed E-state index contributed by atoms with van der Waals surface area (Å²) in [5.74, 6) is 0.733. The quantitative estimate of drug-likeness (QED) is 0.847. The van der Waals surface area contributed by atoms with E-state index in [0.29, 0.717) is 6.54 Å². The highest BCUT2D eigenvalue weighted by molar-refractivity contribution is 7.89. The van der Waals surface area contributed by atoms with Gasteiger partial charge in [-0.15, -0.1) is 0 Å². The lowest BCUT2D eigenvalue weighted by molar-refractivity contribution is 0.396. The molecule has 1 N–H and O–H groups in total. The van der Waals surface area contributed by atoms with Crippen LogP contribution in [-0.2, 0) is 10.0 Å². The second kappa shape index (κ2) is 6.35. The summed E-state index contributed by atoms with van der Waals surface area (Å²) in [5.41, 5.74) is 0. The molecule has 0 aromatic heterocycles. The molecule has 2 rings (SSSR count). The van der Waals surface area contributed by atoms with Gasteiger partial charge >= 0.3 is 0 Å². The van der Waals surface area contributed by atoms with Crippen LogP contribution < -0.4 is 5.32 Å². The van der Waals surface area contributed by atoms with Crippen LogP contribution in [0.1, 0.15) is 45.4 Å². The summed E-state index contributed by atoms with van der Waals surface area (Å²) < 4.78 is 26.7. The van der Waals surface area contributed by atoms with Crippen molar-refractivity contribution in [2.75, 3.05) is 26.2 Å². The van der Waals surface area contributed by atoms with Crippen LogP contribution in [0.4, 0.5) is 0 Å². The van der Waals surface area contributed by atoms with Gasteiger partial charge < -0.3 is 5.32 Å². The first kappa shape index (κ1) is 14.3. The van der Waals surface area contributed by atoms with Crippen molar-refractivity contribution in [3.8, 4) is 0 Å². The van der Waals surface area contributed by atoms with Gasteiger partial charge in [0.15, 0.2) is 0 Å². The third-order valence-electron chi connectivity index (χ3n) is 4.30. The highest BCUT2D eigenvalue weighted by atomic mass is 32.2. The van der Waals surface area contributed by atoms with Crippen molar-refractivity contribution in [2.45, 2.75) is 50.7 Å². The number of hydrogen-bond donors (Lipinski definition) is 1. The summed E-state index contributed by atoms with van der Waals surface area (Å²) in [5, 5.41) is 2.98. The van der Waals surface area contributed by atoms with E-state index in [1.165, 1.54) is 19.3 Å². The molecule has 0 bridgehead atoms. The Kier molecular flexibility index (Phi) is 5.04. The SMILES string of the molecule is CCCC1CCCN(S(=O)(=O)C2CCNC2)CC1. The molecule has 2 saturated heterocycles. The minimum absolute atomic E-state index is 0.180. The predicted molar refractivity (Wildman–Crippen MR) is 74.0 cm³/mol. The maximum Gasteiger partial charge on any atom is 0.218 e. The minimum Gasteiger partial charge on any atom is -0.315 e. The topological polar surface area (TPSA) is 49.4 Å². The molecule has 18 heavy (non-hydrogen) atoms. The van der Waals surface area contributed by atoms with Gasteiger partial charge in [0, 0.05) is 19.6 Å². The van der Waals surface area contributed by atoms with Crippen LogP contribution in [0.3, 0.4) is 0 Å². The van der Waals surface area contributed by atoms with E-state index in [1.54, 1.807) is 4.31 Å². The van der Waals surface area contributed by atoms with Crippen molar-refractivity contribution in [3.05, 3.63) is 0 Å². The van der Waals surface area contributed by atoms with E-state index in [4.69, 9.17) is 0 Å². The smallest absolute Gasteiger partial charge is 0.218 e. The lowest BCUT2D eigenvalue weighted by atomic mass is 9.96. The largest absolute Gasteiger partial charge is 0.315 e. The molecule has 2 aliphatic rings. The van der Waals surface area contributed by atoms with E-state index in [-0.39, 0.29) is 5.25 Å². The number of nitrogens with one attached hydrogen (secondary N) is 1. The summed E-state index contributed by atoms with van der Waals surface area (Å²) in [6.07, 6.45) is 6.51. The van der Waals surface area contributed by atoms with Crippen molar-refractivity contribution < 1.29 is 8.42 Å². The van der Waals surface area contributed by atoms with Gasteiger partial charge in [-0.2, -0.15) is 0 Å². The third kappa shape index (κ3) is 3.25. The summed E-state index contributed by atoms with van der Waals surface area (Å²) in [7, 11) is -3.05. The standard InChI is InChI=1S/C13H26N2O2S/c1-2-4-12-5-3-9-15(10-7-12)18(16,17)13-6-8-14-11-13/h12-14H,2-11H2,1H3. The fourth-order valence-corrected chi connectivity index (χ4v) is 5.09. The van der Waals surface area contributed by atoms with Crippen LogP contribution in [0.2, 0.25) is 0 Å². The molecule has 5 heteroatoms. The molecule has 106 valence electrons. The zero-order valence-electron chi connectivity index (χ0n) is 11.4. The highest BCUT2D eigenvalue weighted by Crippen LogP contribution is 2.25.